The molecule has 0 spiro atoms. The second-order valence-electron chi connectivity index (χ2n) is 4.97. The molecule has 0 nitrogen and oxygen atoms in total. The Balaban J connectivity index is 2.43. The number of hydrogen-bond acceptors (Lipinski definition) is 0. The Kier molecular flexibility index (Phi) is 5.97. The topological polar surface area (TPSA) is 0 Å². The normalized spacial score (nSPS) is 11.7. The maximum atomic E-state index is 14.0. The summed E-state index contributed by atoms with van der Waals surface area (Å²) in [5.74, 6) is -1.06. The summed E-state index contributed by atoms with van der Waals surface area (Å²) in [6, 6.07) is 11.7. The van der Waals surface area contributed by atoms with Gasteiger partial charge in [-0.05, 0) is 35.7 Å². The van der Waals surface area contributed by atoms with Crippen LogP contribution in [-0.2, 0) is 11.8 Å². The Labute approximate surface area is 148 Å². The van der Waals surface area contributed by atoms with E-state index in [0.717, 1.165) is 16.1 Å². The predicted octanol–water partition coefficient (Wildman–Crippen LogP) is 6.00. The molecule has 0 bridgehead atoms. The van der Waals surface area contributed by atoms with Crippen LogP contribution < -0.4 is 0 Å². The van der Waals surface area contributed by atoms with Crippen molar-refractivity contribution in [3.63, 3.8) is 0 Å². The Hall–Kier alpha value is -0.260. The quantitative estimate of drug-likeness (QED) is 0.459. The van der Waals surface area contributed by atoms with Gasteiger partial charge in [0, 0.05) is 26.6 Å². The fourth-order valence-electron chi connectivity index (χ4n) is 2.23. The first-order valence-electron chi connectivity index (χ1n) is 6.33. The van der Waals surface area contributed by atoms with Crippen molar-refractivity contribution in [1.82, 2.24) is 0 Å². The van der Waals surface area contributed by atoms with Gasteiger partial charge in [0.25, 0.3) is 0 Å². The number of hydrogen-bond donors (Lipinski definition) is 0. The van der Waals surface area contributed by atoms with Gasteiger partial charge < -0.3 is 0 Å². The van der Waals surface area contributed by atoms with Gasteiger partial charge in [0.05, 0.1) is 0 Å². The second kappa shape index (κ2) is 7.34. The van der Waals surface area contributed by atoms with Gasteiger partial charge in [0.15, 0.2) is 0 Å². The molecule has 21 heavy (non-hydrogen) atoms. The van der Waals surface area contributed by atoms with Crippen molar-refractivity contribution in [2.45, 2.75) is 11.8 Å². The number of alkyl halides is 2. The standard InChI is InChI=1S/C16H13Br3F2/c17-9-16(10-18,12-2-1-3-13(19)6-12)8-11-4-5-14(20)7-15(11)21/h1-7H,8-10H2. The molecule has 0 unspecified atom stereocenters. The van der Waals surface area contributed by atoms with Crippen LogP contribution >= 0.6 is 47.8 Å². The van der Waals surface area contributed by atoms with Crippen molar-refractivity contribution >= 4 is 47.8 Å². The maximum absolute atomic E-state index is 14.0. The summed E-state index contributed by atoms with van der Waals surface area (Å²) in [5.41, 5.74) is 1.30. The Morgan fingerprint density at radius 2 is 1.67 bits per heavy atom. The van der Waals surface area contributed by atoms with Gasteiger partial charge in [-0.25, -0.2) is 8.78 Å². The molecule has 0 N–H and O–H groups in total. The van der Waals surface area contributed by atoms with Crippen LogP contribution in [0.25, 0.3) is 0 Å². The monoisotopic (exact) mass is 480 g/mol. The smallest absolute Gasteiger partial charge is 0.129 e. The molecule has 0 aliphatic carbocycles. The third-order valence-electron chi connectivity index (χ3n) is 3.49. The zero-order valence-electron chi connectivity index (χ0n) is 11.1. The molecule has 112 valence electrons. The molecular weight excluding hydrogens is 470 g/mol. The van der Waals surface area contributed by atoms with E-state index < -0.39 is 11.6 Å². The second-order valence-corrected chi connectivity index (χ2v) is 7.01. The maximum Gasteiger partial charge on any atom is 0.129 e. The first-order valence-corrected chi connectivity index (χ1v) is 9.36. The molecule has 2 rings (SSSR count). The molecule has 0 heterocycles. The minimum Gasteiger partial charge on any atom is -0.207 e. The van der Waals surface area contributed by atoms with Gasteiger partial charge in [-0.2, -0.15) is 0 Å². The van der Waals surface area contributed by atoms with E-state index in [-0.39, 0.29) is 5.41 Å². The van der Waals surface area contributed by atoms with E-state index in [4.69, 9.17) is 0 Å². The largest absolute Gasteiger partial charge is 0.207 e. The first-order chi connectivity index (χ1) is 10.0. The molecule has 2 aromatic carbocycles. The summed E-state index contributed by atoms with van der Waals surface area (Å²) in [6.07, 6.45) is 0.478. The zero-order valence-corrected chi connectivity index (χ0v) is 15.8. The fourth-order valence-corrected chi connectivity index (χ4v) is 4.61. The summed E-state index contributed by atoms with van der Waals surface area (Å²) < 4.78 is 28.0. The molecule has 0 saturated carbocycles. The molecule has 5 heteroatoms. The molecule has 0 aromatic heterocycles. The van der Waals surface area contributed by atoms with Gasteiger partial charge in [-0.1, -0.05) is 66.0 Å². The van der Waals surface area contributed by atoms with E-state index in [0.29, 0.717) is 22.6 Å². The van der Waals surface area contributed by atoms with Crippen LogP contribution in [0.1, 0.15) is 11.1 Å². The van der Waals surface area contributed by atoms with E-state index in [1.165, 1.54) is 12.1 Å². The molecule has 0 saturated heterocycles. The lowest BCUT2D eigenvalue weighted by Gasteiger charge is -2.31. The summed E-state index contributed by atoms with van der Waals surface area (Å²) >= 11 is 10.6. The average molecular weight is 483 g/mol. The van der Waals surface area contributed by atoms with Crippen LogP contribution in [0.5, 0.6) is 0 Å². The molecular formula is C16H13Br3F2. The lowest BCUT2D eigenvalue weighted by Crippen LogP contribution is -2.33. The third kappa shape index (κ3) is 3.93. The van der Waals surface area contributed by atoms with Crippen LogP contribution in [0.15, 0.2) is 46.9 Å². The highest BCUT2D eigenvalue weighted by molar-refractivity contribution is 9.10. The summed E-state index contributed by atoms with van der Waals surface area (Å²) in [6.45, 7) is 0. The van der Waals surface area contributed by atoms with Crippen molar-refractivity contribution in [3.05, 3.63) is 69.7 Å². The number of benzene rings is 2. The third-order valence-corrected chi connectivity index (χ3v) is 6.13. The van der Waals surface area contributed by atoms with Gasteiger partial charge in [-0.15, -0.1) is 0 Å². The SMILES string of the molecule is Fc1ccc(CC(CBr)(CBr)c2cccc(Br)c2)c(F)c1. The van der Waals surface area contributed by atoms with E-state index >= 15 is 0 Å². The molecule has 0 fully saturated rings. The highest BCUT2D eigenvalue weighted by atomic mass is 79.9. The van der Waals surface area contributed by atoms with Crippen molar-refractivity contribution in [1.29, 1.82) is 0 Å². The van der Waals surface area contributed by atoms with E-state index in [1.807, 2.05) is 24.3 Å². The summed E-state index contributed by atoms with van der Waals surface area (Å²) in [7, 11) is 0. The number of halogens is 5. The summed E-state index contributed by atoms with van der Waals surface area (Å²) in [5, 5.41) is 1.33. The van der Waals surface area contributed by atoms with Gasteiger partial charge in [0.2, 0.25) is 0 Å². The zero-order chi connectivity index (χ0) is 15.5. The molecule has 0 amide bonds. The summed E-state index contributed by atoms with van der Waals surface area (Å²) in [4.78, 5) is 0. The molecule has 0 radical (unpaired) electrons. The molecule has 0 atom stereocenters. The predicted molar refractivity (Wildman–Crippen MR) is 93.5 cm³/mol. The van der Waals surface area contributed by atoms with Crippen LogP contribution in [0.4, 0.5) is 8.78 Å². The van der Waals surface area contributed by atoms with E-state index in [9.17, 15) is 8.78 Å². The fraction of sp³-hybridized carbons (Fsp3) is 0.250. The highest BCUT2D eigenvalue weighted by Gasteiger charge is 2.31. The van der Waals surface area contributed by atoms with Crippen LogP contribution in [-0.4, -0.2) is 10.7 Å². The van der Waals surface area contributed by atoms with Crippen LogP contribution in [0.2, 0.25) is 0 Å². The minimum absolute atomic E-state index is 0.303. The average Bonchev–Trinajstić information content (AvgIpc) is 2.47. The Bertz CT molecular complexity index is 625. The van der Waals surface area contributed by atoms with E-state index in [2.05, 4.69) is 47.8 Å². The van der Waals surface area contributed by atoms with Crippen molar-refractivity contribution < 1.29 is 8.78 Å². The lowest BCUT2D eigenvalue weighted by molar-refractivity contribution is 0.515. The van der Waals surface area contributed by atoms with Crippen molar-refractivity contribution in [3.8, 4) is 0 Å². The van der Waals surface area contributed by atoms with Gasteiger partial charge >= 0.3 is 0 Å². The molecule has 0 aliphatic heterocycles. The van der Waals surface area contributed by atoms with Gasteiger partial charge in [0.1, 0.15) is 11.6 Å². The van der Waals surface area contributed by atoms with Crippen molar-refractivity contribution in [2.24, 2.45) is 0 Å². The Morgan fingerprint density at radius 1 is 0.952 bits per heavy atom. The van der Waals surface area contributed by atoms with Crippen LogP contribution in [0.3, 0.4) is 0 Å². The van der Waals surface area contributed by atoms with Crippen molar-refractivity contribution in [2.75, 3.05) is 10.7 Å². The van der Waals surface area contributed by atoms with Gasteiger partial charge in [-0.3, -0.25) is 0 Å². The minimum atomic E-state index is -0.554. The lowest BCUT2D eigenvalue weighted by atomic mass is 9.79. The van der Waals surface area contributed by atoms with Crippen LogP contribution in [0, 0.1) is 11.6 Å². The molecule has 2 aromatic rings. The Morgan fingerprint density at radius 3 is 2.24 bits per heavy atom. The van der Waals surface area contributed by atoms with E-state index in [1.54, 1.807) is 0 Å². The number of rotatable bonds is 5. The first kappa shape index (κ1) is 17.1. The molecule has 0 aliphatic rings. The highest BCUT2D eigenvalue weighted by Crippen LogP contribution is 2.34.